The molecule has 0 spiro atoms. The molecule has 0 amide bonds. The minimum atomic E-state index is -0.293. The number of nitrogens with zero attached hydrogens (tertiary/aromatic N) is 1. The number of piperidine rings is 1. The molecule has 1 aromatic carbocycles. The largest absolute Gasteiger partial charge is 0.329 e. The molecule has 1 fully saturated rings. The van der Waals surface area contributed by atoms with E-state index in [2.05, 4.69) is 10.3 Å². The molecule has 0 aliphatic carbocycles. The summed E-state index contributed by atoms with van der Waals surface area (Å²) in [5.41, 5.74) is 1.11. The lowest BCUT2D eigenvalue weighted by atomic mass is 10.1. The van der Waals surface area contributed by atoms with E-state index in [1.54, 1.807) is 6.07 Å². The van der Waals surface area contributed by atoms with E-state index in [0.29, 0.717) is 10.9 Å². The number of hydrogen-bond acceptors (Lipinski definition) is 3. The van der Waals surface area contributed by atoms with Crippen LogP contribution in [0.4, 0.5) is 0 Å². The maximum Gasteiger partial charge on any atom is 0.329 e. The van der Waals surface area contributed by atoms with Crippen molar-refractivity contribution in [3.8, 4) is 0 Å². The SMILES string of the molecule is Br.Cc1cccc2c(=O)n(C3CCNCC3)c(=O)[nH]c12. The molecule has 0 saturated carbocycles. The lowest BCUT2D eigenvalue weighted by Crippen LogP contribution is -2.42. The fraction of sp³-hybridized carbons (Fsp3) is 0.429. The van der Waals surface area contributed by atoms with Crippen LogP contribution in [-0.4, -0.2) is 22.6 Å². The molecule has 0 radical (unpaired) electrons. The second kappa shape index (κ2) is 5.93. The number of nitrogens with one attached hydrogen (secondary N) is 2. The number of aromatic nitrogens is 2. The number of halogens is 1. The maximum atomic E-state index is 12.5. The van der Waals surface area contributed by atoms with Gasteiger partial charge in [0.15, 0.2) is 0 Å². The van der Waals surface area contributed by atoms with E-state index in [1.807, 2.05) is 19.1 Å². The standard InChI is InChI=1S/C14H17N3O2.BrH/c1-9-3-2-4-11-12(9)16-14(19)17(13(11)18)10-5-7-15-8-6-10;/h2-4,10,15H,5-8H2,1H3,(H,16,19);1H. The first-order chi connectivity index (χ1) is 9.18. The molecule has 2 heterocycles. The molecule has 6 heteroatoms. The van der Waals surface area contributed by atoms with Gasteiger partial charge in [0.2, 0.25) is 0 Å². The highest BCUT2D eigenvalue weighted by atomic mass is 79.9. The van der Waals surface area contributed by atoms with Gasteiger partial charge in [-0.25, -0.2) is 4.79 Å². The van der Waals surface area contributed by atoms with Crippen molar-refractivity contribution in [1.82, 2.24) is 14.9 Å². The first-order valence-corrected chi connectivity index (χ1v) is 6.63. The third-order valence-corrected chi connectivity index (χ3v) is 3.85. The molecule has 1 aromatic heterocycles. The van der Waals surface area contributed by atoms with Crippen molar-refractivity contribution in [2.24, 2.45) is 0 Å². The zero-order chi connectivity index (χ0) is 13.4. The molecule has 1 aliphatic heterocycles. The Labute approximate surface area is 126 Å². The average molecular weight is 340 g/mol. The van der Waals surface area contributed by atoms with Gasteiger partial charge in [0, 0.05) is 6.04 Å². The van der Waals surface area contributed by atoms with Crippen molar-refractivity contribution in [2.75, 3.05) is 13.1 Å². The quantitative estimate of drug-likeness (QED) is 0.827. The van der Waals surface area contributed by atoms with Crippen molar-refractivity contribution in [3.63, 3.8) is 0 Å². The van der Waals surface area contributed by atoms with Gasteiger partial charge in [-0.2, -0.15) is 0 Å². The van der Waals surface area contributed by atoms with Crippen LogP contribution >= 0.6 is 17.0 Å². The number of aromatic amines is 1. The zero-order valence-electron chi connectivity index (χ0n) is 11.3. The number of hydrogen-bond donors (Lipinski definition) is 2. The molecule has 5 nitrogen and oxygen atoms in total. The third kappa shape index (κ3) is 2.45. The fourth-order valence-corrected chi connectivity index (χ4v) is 2.80. The van der Waals surface area contributed by atoms with Gasteiger partial charge in [0.25, 0.3) is 5.56 Å². The summed E-state index contributed by atoms with van der Waals surface area (Å²) in [7, 11) is 0. The molecule has 108 valence electrons. The van der Waals surface area contributed by atoms with Crippen molar-refractivity contribution in [1.29, 1.82) is 0 Å². The van der Waals surface area contributed by atoms with Gasteiger partial charge in [-0.3, -0.25) is 9.36 Å². The molecule has 20 heavy (non-hydrogen) atoms. The Morgan fingerprint density at radius 1 is 1.20 bits per heavy atom. The highest BCUT2D eigenvalue weighted by Gasteiger charge is 2.19. The molecule has 0 atom stereocenters. The Kier molecular flexibility index (Phi) is 4.45. The van der Waals surface area contributed by atoms with Gasteiger partial charge in [0.05, 0.1) is 10.9 Å². The van der Waals surface area contributed by atoms with Gasteiger partial charge < -0.3 is 10.3 Å². The van der Waals surface area contributed by atoms with E-state index in [-0.39, 0.29) is 34.3 Å². The summed E-state index contributed by atoms with van der Waals surface area (Å²) in [4.78, 5) is 27.6. The summed E-state index contributed by atoms with van der Waals surface area (Å²) in [6.07, 6.45) is 1.64. The van der Waals surface area contributed by atoms with Crippen molar-refractivity contribution in [2.45, 2.75) is 25.8 Å². The van der Waals surface area contributed by atoms with Gasteiger partial charge in [-0.1, -0.05) is 12.1 Å². The second-order valence-electron chi connectivity index (χ2n) is 5.08. The Morgan fingerprint density at radius 3 is 2.60 bits per heavy atom. The van der Waals surface area contributed by atoms with Gasteiger partial charge in [-0.15, -0.1) is 17.0 Å². The Balaban J connectivity index is 0.00000147. The fourth-order valence-electron chi connectivity index (χ4n) is 2.80. The lowest BCUT2D eigenvalue weighted by molar-refractivity contribution is 0.352. The molecule has 0 bridgehead atoms. The van der Waals surface area contributed by atoms with Crippen LogP contribution in [0.3, 0.4) is 0 Å². The van der Waals surface area contributed by atoms with Gasteiger partial charge >= 0.3 is 5.69 Å². The highest BCUT2D eigenvalue weighted by Crippen LogP contribution is 2.16. The highest BCUT2D eigenvalue weighted by molar-refractivity contribution is 8.93. The molecule has 2 aromatic rings. The van der Waals surface area contributed by atoms with Crippen LogP contribution in [0.15, 0.2) is 27.8 Å². The summed E-state index contributed by atoms with van der Waals surface area (Å²) in [5.74, 6) is 0. The van der Waals surface area contributed by atoms with E-state index in [1.165, 1.54) is 4.57 Å². The number of para-hydroxylation sites is 1. The van der Waals surface area contributed by atoms with Crippen molar-refractivity contribution >= 4 is 27.9 Å². The van der Waals surface area contributed by atoms with Gasteiger partial charge in [0.1, 0.15) is 0 Å². The number of aryl methyl sites for hydroxylation is 1. The van der Waals surface area contributed by atoms with Crippen LogP contribution in [0.25, 0.3) is 10.9 Å². The minimum Gasteiger partial charge on any atom is -0.317 e. The Hall–Kier alpha value is -1.40. The lowest BCUT2D eigenvalue weighted by Gasteiger charge is -2.24. The normalized spacial score (nSPS) is 16.1. The monoisotopic (exact) mass is 339 g/mol. The van der Waals surface area contributed by atoms with E-state index in [4.69, 9.17) is 0 Å². The Morgan fingerprint density at radius 2 is 1.90 bits per heavy atom. The summed E-state index contributed by atoms with van der Waals surface area (Å²) >= 11 is 0. The predicted molar refractivity (Wildman–Crippen MR) is 85.0 cm³/mol. The molecule has 2 N–H and O–H groups in total. The minimum absolute atomic E-state index is 0. The number of H-pyrrole nitrogens is 1. The molecule has 0 unspecified atom stereocenters. The van der Waals surface area contributed by atoms with Crippen LogP contribution < -0.4 is 16.6 Å². The molecule has 1 aliphatic rings. The third-order valence-electron chi connectivity index (χ3n) is 3.85. The zero-order valence-corrected chi connectivity index (χ0v) is 13.0. The average Bonchev–Trinajstić information content (AvgIpc) is 2.41. The predicted octanol–water partition coefficient (Wildman–Crippen LogP) is 1.50. The molecule has 3 rings (SSSR count). The van der Waals surface area contributed by atoms with Crippen molar-refractivity contribution < 1.29 is 0 Å². The van der Waals surface area contributed by atoms with E-state index in [9.17, 15) is 9.59 Å². The number of fused-ring (bicyclic) bond motifs is 1. The van der Waals surface area contributed by atoms with E-state index >= 15 is 0 Å². The van der Waals surface area contributed by atoms with Crippen LogP contribution in [0, 0.1) is 6.92 Å². The topological polar surface area (TPSA) is 66.9 Å². The first-order valence-electron chi connectivity index (χ1n) is 6.63. The smallest absolute Gasteiger partial charge is 0.317 e. The van der Waals surface area contributed by atoms with E-state index < -0.39 is 0 Å². The summed E-state index contributed by atoms with van der Waals surface area (Å²) in [6, 6.07) is 5.52. The second-order valence-corrected chi connectivity index (χ2v) is 5.08. The first kappa shape index (κ1) is 15.0. The molecule has 1 saturated heterocycles. The summed E-state index contributed by atoms with van der Waals surface area (Å²) in [5, 5.41) is 3.84. The summed E-state index contributed by atoms with van der Waals surface area (Å²) in [6.45, 7) is 3.59. The summed E-state index contributed by atoms with van der Waals surface area (Å²) < 4.78 is 1.39. The van der Waals surface area contributed by atoms with Crippen LogP contribution in [0.1, 0.15) is 24.4 Å². The van der Waals surface area contributed by atoms with Crippen molar-refractivity contribution in [3.05, 3.63) is 44.6 Å². The number of benzene rings is 1. The van der Waals surface area contributed by atoms with Gasteiger partial charge in [-0.05, 0) is 44.5 Å². The van der Waals surface area contributed by atoms with E-state index in [0.717, 1.165) is 31.5 Å². The number of rotatable bonds is 1. The van der Waals surface area contributed by atoms with Crippen LogP contribution in [0.2, 0.25) is 0 Å². The Bertz CT molecular complexity index is 729. The molecular formula is C14H18BrN3O2. The maximum absolute atomic E-state index is 12.5. The van der Waals surface area contributed by atoms with Crippen LogP contribution in [-0.2, 0) is 0 Å². The van der Waals surface area contributed by atoms with Crippen LogP contribution in [0.5, 0.6) is 0 Å². The molecular weight excluding hydrogens is 322 g/mol.